The fourth-order valence-corrected chi connectivity index (χ4v) is 0.811. The van der Waals surface area contributed by atoms with Crippen LogP contribution in [0.4, 0.5) is 0 Å². The topological polar surface area (TPSA) is 3.24 Å². The Kier molecular flexibility index (Phi) is 4.04. The predicted octanol–water partition coefficient (Wildman–Crippen LogP) is 2.71. The molecule has 0 heterocycles. The van der Waals surface area contributed by atoms with E-state index in [-0.39, 0.29) is 0 Å². The molecule has 0 aliphatic rings. The molecular formula is C10H15N. The maximum absolute atomic E-state index is 3.81. The molecule has 0 spiro atoms. The third-order valence-electron chi connectivity index (χ3n) is 1.48. The molecule has 0 amide bonds. The van der Waals surface area contributed by atoms with Crippen molar-refractivity contribution >= 4 is 0 Å². The lowest BCUT2D eigenvalue weighted by Gasteiger charge is -2.22. The molecule has 1 heteroatoms. The maximum atomic E-state index is 3.81. The van der Waals surface area contributed by atoms with Gasteiger partial charge in [0, 0.05) is 17.9 Å². The summed E-state index contributed by atoms with van der Waals surface area (Å²) in [5.74, 6) is 0. The maximum Gasteiger partial charge on any atom is 0.0331 e. The van der Waals surface area contributed by atoms with Gasteiger partial charge in [-0.05, 0) is 19.1 Å². The summed E-state index contributed by atoms with van der Waals surface area (Å²) in [6.45, 7) is 17.8. The minimum atomic E-state index is 0.843. The second-order valence-corrected chi connectivity index (χ2v) is 2.14. The van der Waals surface area contributed by atoms with Crippen molar-refractivity contribution in [1.29, 1.82) is 0 Å². The van der Waals surface area contributed by atoms with Crippen LogP contribution in [0.1, 0.15) is 6.92 Å². The van der Waals surface area contributed by atoms with Gasteiger partial charge in [0.25, 0.3) is 0 Å². The lowest BCUT2D eigenvalue weighted by atomic mass is 10.3. The SMILES string of the molecule is C=CC(=C)N(CC)C(=C)C=C. The fraction of sp³-hybridized carbons (Fsp3) is 0.200. The Morgan fingerprint density at radius 3 is 1.73 bits per heavy atom. The number of rotatable bonds is 5. The molecule has 0 aromatic rings. The predicted molar refractivity (Wildman–Crippen MR) is 51.1 cm³/mol. The van der Waals surface area contributed by atoms with Crippen LogP contribution in [0, 0.1) is 0 Å². The number of allylic oxidation sites excluding steroid dienone is 2. The van der Waals surface area contributed by atoms with E-state index in [4.69, 9.17) is 0 Å². The van der Waals surface area contributed by atoms with E-state index >= 15 is 0 Å². The van der Waals surface area contributed by atoms with Crippen LogP contribution in [-0.4, -0.2) is 11.4 Å². The van der Waals surface area contributed by atoms with Crippen molar-refractivity contribution in [3.05, 3.63) is 49.9 Å². The molecule has 1 nitrogen and oxygen atoms in total. The lowest BCUT2D eigenvalue weighted by molar-refractivity contribution is 0.483. The summed E-state index contributed by atoms with van der Waals surface area (Å²) in [5, 5.41) is 0. The van der Waals surface area contributed by atoms with Crippen LogP contribution in [0.2, 0.25) is 0 Å². The molecule has 11 heavy (non-hydrogen) atoms. The smallest absolute Gasteiger partial charge is 0.0331 e. The van der Waals surface area contributed by atoms with E-state index in [0.29, 0.717) is 0 Å². The van der Waals surface area contributed by atoms with Crippen LogP contribution in [0.25, 0.3) is 0 Å². The van der Waals surface area contributed by atoms with Crippen LogP contribution in [0.5, 0.6) is 0 Å². The number of hydrogen-bond donors (Lipinski definition) is 0. The molecular weight excluding hydrogens is 134 g/mol. The van der Waals surface area contributed by atoms with Gasteiger partial charge in [0.15, 0.2) is 0 Å². The third-order valence-corrected chi connectivity index (χ3v) is 1.48. The van der Waals surface area contributed by atoms with Crippen LogP contribution < -0.4 is 0 Å². The molecule has 0 fully saturated rings. The molecule has 0 saturated carbocycles. The average Bonchev–Trinajstić information content (AvgIpc) is 2.05. The Hall–Kier alpha value is -1.24. The van der Waals surface area contributed by atoms with Crippen molar-refractivity contribution in [3.8, 4) is 0 Å². The highest BCUT2D eigenvalue weighted by Gasteiger charge is 2.01. The van der Waals surface area contributed by atoms with Crippen molar-refractivity contribution in [1.82, 2.24) is 4.90 Å². The highest BCUT2D eigenvalue weighted by molar-refractivity contribution is 5.22. The fourth-order valence-electron chi connectivity index (χ4n) is 0.811. The first kappa shape index (κ1) is 9.76. The highest BCUT2D eigenvalue weighted by atomic mass is 15.1. The van der Waals surface area contributed by atoms with E-state index in [9.17, 15) is 0 Å². The summed E-state index contributed by atoms with van der Waals surface area (Å²) >= 11 is 0. The van der Waals surface area contributed by atoms with E-state index in [0.717, 1.165) is 17.9 Å². The molecule has 0 unspecified atom stereocenters. The summed E-state index contributed by atoms with van der Waals surface area (Å²) < 4.78 is 0. The van der Waals surface area contributed by atoms with Crippen molar-refractivity contribution in [3.63, 3.8) is 0 Å². The van der Waals surface area contributed by atoms with E-state index in [1.165, 1.54) is 0 Å². The Bertz CT molecular complexity index is 169. The van der Waals surface area contributed by atoms with Crippen molar-refractivity contribution in [2.75, 3.05) is 6.54 Å². The molecule has 0 aliphatic carbocycles. The van der Waals surface area contributed by atoms with Crippen molar-refractivity contribution in [2.24, 2.45) is 0 Å². The molecule has 0 aromatic heterocycles. The zero-order valence-corrected chi connectivity index (χ0v) is 7.14. The number of nitrogens with zero attached hydrogens (tertiary/aromatic N) is 1. The molecule has 60 valence electrons. The first-order chi connectivity index (χ1) is 5.17. The molecule has 0 rings (SSSR count). The zero-order valence-electron chi connectivity index (χ0n) is 7.14. The summed E-state index contributed by atoms with van der Waals surface area (Å²) in [7, 11) is 0. The van der Waals surface area contributed by atoms with Gasteiger partial charge in [0.05, 0.1) is 0 Å². The third kappa shape index (κ3) is 2.46. The standard InChI is InChI=1S/C10H15N/c1-6-9(4)11(8-3)10(5)7-2/h6-7H,1-2,4-5,8H2,3H3. The largest absolute Gasteiger partial charge is 0.343 e. The van der Waals surface area contributed by atoms with Gasteiger partial charge in [-0.15, -0.1) is 0 Å². The van der Waals surface area contributed by atoms with Crippen LogP contribution in [-0.2, 0) is 0 Å². The van der Waals surface area contributed by atoms with Gasteiger partial charge in [-0.25, -0.2) is 0 Å². The second kappa shape index (κ2) is 4.56. The molecule has 0 atom stereocenters. The zero-order chi connectivity index (χ0) is 8.85. The minimum absolute atomic E-state index is 0.843. The number of likely N-dealkylation sites (N-methyl/N-ethyl adjacent to an activating group) is 1. The van der Waals surface area contributed by atoms with E-state index in [1.54, 1.807) is 12.2 Å². The van der Waals surface area contributed by atoms with Gasteiger partial charge in [-0.1, -0.05) is 26.3 Å². The van der Waals surface area contributed by atoms with Crippen molar-refractivity contribution in [2.45, 2.75) is 6.92 Å². The van der Waals surface area contributed by atoms with Crippen LogP contribution in [0.15, 0.2) is 49.9 Å². The quantitative estimate of drug-likeness (QED) is 0.543. The Labute approximate surface area is 69.0 Å². The Morgan fingerprint density at radius 2 is 1.55 bits per heavy atom. The average molecular weight is 149 g/mol. The van der Waals surface area contributed by atoms with Crippen LogP contribution in [0.3, 0.4) is 0 Å². The second-order valence-electron chi connectivity index (χ2n) is 2.14. The molecule has 0 radical (unpaired) electrons. The summed E-state index contributed by atoms with van der Waals surface area (Å²) in [5.41, 5.74) is 1.72. The number of hydrogen-bond acceptors (Lipinski definition) is 1. The van der Waals surface area contributed by atoms with Gasteiger partial charge in [-0.3, -0.25) is 0 Å². The van der Waals surface area contributed by atoms with Gasteiger partial charge in [0.2, 0.25) is 0 Å². The van der Waals surface area contributed by atoms with E-state index in [2.05, 4.69) is 26.3 Å². The first-order valence-corrected chi connectivity index (χ1v) is 3.57. The minimum Gasteiger partial charge on any atom is -0.343 e. The first-order valence-electron chi connectivity index (χ1n) is 3.57. The van der Waals surface area contributed by atoms with Crippen molar-refractivity contribution < 1.29 is 0 Å². The molecule has 0 saturated heterocycles. The van der Waals surface area contributed by atoms with Crippen LogP contribution >= 0.6 is 0 Å². The summed E-state index contributed by atoms with van der Waals surface area (Å²) in [4.78, 5) is 1.94. The molecule has 0 bridgehead atoms. The molecule has 0 aromatic carbocycles. The van der Waals surface area contributed by atoms with Gasteiger partial charge in [0.1, 0.15) is 0 Å². The van der Waals surface area contributed by atoms with Gasteiger partial charge < -0.3 is 4.90 Å². The monoisotopic (exact) mass is 149 g/mol. The summed E-state index contributed by atoms with van der Waals surface area (Å²) in [6.07, 6.45) is 3.41. The van der Waals surface area contributed by atoms with Gasteiger partial charge >= 0.3 is 0 Å². The molecule has 0 aliphatic heterocycles. The lowest BCUT2D eigenvalue weighted by Crippen LogP contribution is -2.18. The Balaban J connectivity index is 4.39. The summed E-state index contributed by atoms with van der Waals surface area (Å²) in [6, 6.07) is 0. The van der Waals surface area contributed by atoms with E-state index in [1.807, 2.05) is 11.8 Å². The van der Waals surface area contributed by atoms with E-state index < -0.39 is 0 Å². The normalized spacial score (nSPS) is 8.45. The van der Waals surface area contributed by atoms with Gasteiger partial charge in [-0.2, -0.15) is 0 Å². The Morgan fingerprint density at radius 1 is 1.18 bits per heavy atom. The molecule has 0 N–H and O–H groups in total. The highest BCUT2D eigenvalue weighted by Crippen LogP contribution is 2.10.